The van der Waals surface area contributed by atoms with E-state index in [9.17, 15) is 10.1 Å². The molecule has 2 aromatic rings. The van der Waals surface area contributed by atoms with Crippen molar-refractivity contribution in [1.82, 2.24) is 0 Å². The average molecular weight is 272 g/mol. The third kappa shape index (κ3) is 3.26. The second kappa shape index (κ2) is 6.06. The van der Waals surface area contributed by atoms with E-state index >= 15 is 0 Å². The zero-order valence-corrected chi connectivity index (χ0v) is 11.4. The number of nitro groups is 1. The molecule has 0 bridgehead atoms. The molecular formula is C15H16N2O3. The van der Waals surface area contributed by atoms with Gasteiger partial charge in [0.15, 0.2) is 0 Å². The SMILES string of the molecule is COc1ccc(NCc2ccc([N+](=O)[O-])cc2)cc1C. The molecule has 0 saturated heterocycles. The summed E-state index contributed by atoms with van der Waals surface area (Å²) < 4.78 is 5.21. The number of nitrogens with one attached hydrogen (secondary N) is 1. The van der Waals surface area contributed by atoms with E-state index in [1.54, 1.807) is 19.2 Å². The van der Waals surface area contributed by atoms with Crippen LogP contribution in [0.15, 0.2) is 42.5 Å². The first-order valence-corrected chi connectivity index (χ1v) is 6.22. The van der Waals surface area contributed by atoms with Gasteiger partial charge in [0, 0.05) is 24.4 Å². The Hall–Kier alpha value is -2.56. The molecule has 0 amide bonds. The van der Waals surface area contributed by atoms with Gasteiger partial charge >= 0.3 is 0 Å². The van der Waals surface area contributed by atoms with Crippen molar-refractivity contribution in [2.24, 2.45) is 0 Å². The quantitative estimate of drug-likeness (QED) is 0.668. The van der Waals surface area contributed by atoms with Gasteiger partial charge in [0.25, 0.3) is 5.69 Å². The van der Waals surface area contributed by atoms with E-state index in [0.717, 1.165) is 22.6 Å². The van der Waals surface area contributed by atoms with Gasteiger partial charge in [0.1, 0.15) is 5.75 Å². The van der Waals surface area contributed by atoms with Gasteiger partial charge in [-0.2, -0.15) is 0 Å². The minimum atomic E-state index is -0.399. The molecular weight excluding hydrogens is 256 g/mol. The number of ether oxygens (including phenoxy) is 1. The molecule has 0 aromatic heterocycles. The molecule has 5 heteroatoms. The van der Waals surface area contributed by atoms with Gasteiger partial charge < -0.3 is 10.1 Å². The second-order valence-corrected chi connectivity index (χ2v) is 4.46. The van der Waals surface area contributed by atoms with Gasteiger partial charge in [0.05, 0.1) is 12.0 Å². The molecule has 0 unspecified atom stereocenters. The molecule has 0 saturated carbocycles. The molecule has 1 N–H and O–H groups in total. The minimum Gasteiger partial charge on any atom is -0.496 e. The number of benzene rings is 2. The first kappa shape index (κ1) is 13.9. The van der Waals surface area contributed by atoms with Gasteiger partial charge in [-0.25, -0.2) is 0 Å². The number of aryl methyl sites for hydroxylation is 1. The predicted molar refractivity (Wildman–Crippen MR) is 78.2 cm³/mol. The van der Waals surface area contributed by atoms with Crippen LogP contribution >= 0.6 is 0 Å². The molecule has 2 aromatic carbocycles. The fraction of sp³-hybridized carbons (Fsp3) is 0.200. The Labute approximate surface area is 117 Å². The summed E-state index contributed by atoms with van der Waals surface area (Å²) in [6.07, 6.45) is 0. The minimum absolute atomic E-state index is 0.106. The van der Waals surface area contributed by atoms with E-state index in [2.05, 4.69) is 5.32 Å². The largest absolute Gasteiger partial charge is 0.496 e. The summed E-state index contributed by atoms with van der Waals surface area (Å²) in [6.45, 7) is 2.60. The van der Waals surface area contributed by atoms with E-state index in [1.807, 2.05) is 25.1 Å². The molecule has 0 heterocycles. The Morgan fingerprint density at radius 3 is 2.45 bits per heavy atom. The van der Waals surface area contributed by atoms with Crippen molar-refractivity contribution in [3.63, 3.8) is 0 Å². The summed E-state index contributed by atoms with van der Waals surface area (Å²) in [6, 6.07) is 12.4. The Bertz CT molecular complexity index is 609. The molecule has 0 spiro atoms. The maximum atomic E-state index is 10.6. The van der Waals surface area contributed by atoms with Crippen LogP contribution in [0.1, 0.15) is 11.1 Å². The van der Waals surface area contributed by atoms with E-state index in [-0.39, 0.29) is 5.69 Å². The van der Waals surface area contributed by atoms with Crippen molar-refractivity contribution >= 4 is 11.4 Å². The summed E-state index contributed by atoms with van der Waals surface area (Å²) in [5, 5.41) is 13.8. The number of rotatable bonds is 5. The van der Waals surface area contributed by atoms with Crippen LogP contribution in [0.5, 0.6) is 5.75 Å². The number of nitrogens with zero attached hydrogens (tertiary/aromatic N) is 1. The van der Waals surface area contributed by atoms with E-state index in [4.69, 9.17) is 4.74 Å². The Balaban J connectivity index is 2.01. The fourth-order valence-electron chi connectivity index (χ4n) is 1.93. The first-order chi connectivity index (χ1) is 9.60. The number of hydrogen-bond acceptors (Lipinski definition) is 4. The highest BCUT2D eigenvalue weighted by atomic mass is 16.6. The summed E-state index contributed by atoms with van der Waals surface area (Å²) in [7, 11) is 1.65. The Morgan fingerprint density at radius 1 is 1.20 bits per heavy atom. The van der Waals surface area contributed by atoms with E-state index in [0.29, 0.717) is 6.54 Å². The number of non-ortho nitro benzene ring substituents is 1. The van der Waals surface area contributed by atoms with Crippen molar-refractivity contribution < 1.29 is 9.66 Å². The van der Waals surface area contributed by atoms with Crippen molar-refractivity contribution in [2.75, 3.05) is 12.4 Å². The van der Waals surface area contributed by atoms with Crippen molar-refractivity contribution in [3.8, 4) is 5.75 Å². The molecule has 0 radical (unpaired) electrons. The van der Waals surface area contributed by atoms with Crippen LogP contribution in [-0.4, -0.2) is 12.0 Å². The van der Waals surface area contributed by atoms with Crippen molar-refractivity contribution in [1.29, 1.82) is 0 Å². The third-order valence-electron chi connectivity index (χ3n) is 3.04. The van der Waals surface area contributed by atoms with E-state index < -0.39 is 4.92 Å². The summed E-state index contributed by atoms with van der Waals surface area (Å²) in [5.41, 5.74) is 3.14. The molecule has 5 nitrogen and oxygen atoms in total. The molecule has 20 heavy (non-hydrogen) atoms. The maximum Gasteiger partial charge on any atom is 0.269 e. The normalized spacial score (nSPS) is 10.1. The van der Waals surface area contributed by atoms with Crippen molar-refractivity contribution in [2.45, 2.75) is 13.5 Å². The van der Waals surface area contributed by atoms with Crippen LogP contribution < -0.4 is 10.1 Å². The van der Waals surface area contributed by atoms with Crippen LogP contribution in [0.2, 0.25) is 0 Å². The van der Waals surface area contributed by atoms with Gasteiger partial charge in [0.2, 0.25) is 0 Å². The molecule has 0 atom stereocenters. The predicted octanol–water partition coefficient (Wildman–Crippen LogP) is 3.52. The van der Waals surface area contributed by atoms with Crippen LogP contribution in [0.3, 0.4) is 0 Å². The number of nitro benzene ring substituents is 1. The van der Waals surface area contributed by atoms with Gasteiger partial charge in [-0.1, -0.05) is 12.1 Å². The highest BCUT2D eigenvalue weighted by molar-refractivity contribution is 5.51. The standard InChI is InChI=1S/C15H16N2O3/c1-11-9-13(5-8-15(11)20-2)16-10-12-3-6-14(7-4-12)17(18)19/h3-9,16H,10H2,1-2H3. The molecule has 0 aliphatic carbocycles. The lowest BCUT2D eigenvalue weighted by molar-refractivity contribution is -0.384. The molecule has 104 valence electrons. The summed E-state index contributed by atoms with van der Waals surface area (Å²) in [4.78, 5) is 10.2. The Morgan fingerprint density at radius 2 is 1.90 bits per heavy atom. The van der Waals surface area contributed by atoms with Gasteiger partial charge in [-0.3, -0.25) is 10.1 Å². The third-order valence-corrected chi connectivity index (χ3v) is 3.04. The Kier molecular flexibility index (Phi) is 4.20. The average Bonchev–Trinajstić information content (AvgIpc) is 2.45. The summed E-state index contributed by atoms with van der Waals surface area (Å²) in [5.74, 6) is 0.853. The summed E-state index contributed by atoms with van der Waals surface area (Å²) >= 11 is 0. The number of anilines is 1. The van der Waals surface area contributed by atoms with Crippen LogP contribution in [0.25, 0.3) is 0 Å². The highest BCUT2D eigenvalue weighted by Gasteiger charge is 2.04. The maximum absolute atomic E-state index is 10.6. The molecule has 0 fully saturated rings. The van der Waals surface area contributed by atoms with Crippen molar-refractivity contribution in [3.05, 3.63) is 63.7 Å². The molecule has 2 rings (SSSR count). The zero-order valence-electron chi connectivity index (χ0n) is 11.4. The van der Waals surface area contributed by atoms with Gasteiger partial charge in [-0.05, 0) is 36.2 Å². The smallest absolute Gasteiger partial charge is 0.269 e. The lowest BCUT2D eigenvalue weighted by Gasteiger charge is -2.10. The first-order valence-electron chi connectivity index (χ1n) is 6.22. The lowest BCUT2D eigenvalue weighted by Crippen LogP contribution is -2.00. The topological polar surface area (TPSA) is 64.4 Å². The zero-order chi connectivity index (χ0) is 14.5. The highest BCUT2D eigenvalue weighted by Crippen LogP contribution is 2.22. The number of hydrogen-bond donors (Lipinski definition) is 1. The second-order valence-electron chi connectivity index (χ2n) is 4.46. The van der Waals surface area contributed by atoms with Crippen LogP contribution in [-0.2, 0) is 6.54 Å². The number of methoxy groups -OCH3 is 1. The van der Waals surface area contributed by atoms with Crippen LogP contribution in [0.4, 0.5) is 11.4 Å². The fourth-order valence-corrected chi connectivity index (χ4v) is 1.93. The van der Waals surface area contributed by atoms with Gasteiger partial charge in [-0.15, -0.1) is 0 Å². The van der Waals surface area contributed by atoms with Crippen LogP contribution in [0, 0.1) is 17.0 Å². The lowest BCUT2D eigenvalue weighted by atomic mass is 10.1. The molecule has 0 aliphatic rings. The molecule has 0 aliphatic heterocycles. The van der Waals surface area contributed by atoms with E-state index in [1.165, 1.54) is 12.1 Å². The monoisotopic (exact) mass is 272 g/mol.